The van der Waals surface area contributed by atoms with Crippen LogP contribution < -0.4 is 0 Å². The molecule has 1 aromatic carbocycles. The summed E-state index contributed by atoms with van der Waals surface area (Å²) in [5, 5.41) is -0.274. The molecule has 0 saturated carbocycles. The summed E-state index contributed by atoms with van der Waals surface area (Å²) in [7, 11) is -2.29. The predicted octanol–water partition coefficient (Wildman–Crippen LogP) is 5.44. The van der Waals surface area contributed by atoms with Crippen LogP contribution in [-0.4, -0.2) is 39.2 Å². The number of hydrogen-bond acceptors (Lipinski definition) is 7. The van der Waals surface area contributed by atoms with Gasteiger partial charge in [0.05, 0.1) is 23.0 Å². The third-order valence-electron chi connectivity index (χ3n) is 4.54. The lowest BCUT2D eigenvalue weighted by Gasteiger charge is -2.04. The Morgan fingerprint density at radius 3 is 2.36 bits per heavy atom. The second-order valence-electron chi connectivity index (χ2n) is 6.77. The van der Waals surface area contributed by atoms with Crippen LogP contribution in [-0.2, 0) is 16.9 Å². The van der Waals surface area contributed by atoms with E-state index in [9.17, 15) is 30.4 Å². The Balaban J connectivity index is 1.92. The highest BCUT2D eigenvalue weighted by Gasteiger charge is 2.31. The standard InChI is InChI=1S/C19H13F5N4O2S3/c1-3-33(29,30)18-15(27-17(31-18)9-4-10(20)6-11(21)5-9)16-26-12-7-14(32-19(22,23)24)25-8-13(12)28(16)2/h4-8H,3H2,1-2H3. The molecule has 4 rings (SSSR count). The Bertz CT molecular complexity index is 1460. The number of sulfone groups is 1. The van der Waals surface area contributed by atoms with Crippen molar-refractivity contribution in [3.05, 3.63) is 42.1 Å². The first kappa shape index (κ1) is 23.6. The molecule has 174 valence electrons. The number of fused-ring (bicyclic) bond motifs is 1. The average Bonchev–Trinajstić information content (AvgIpc) is 3.28. The molecule has 0 fully saturated rings. The molecule has 3 aromatic heterocycles. The van der Waals surface area contributed by atoms with Crippen molar-refractivity contribution in [3.8, 4) is 22.1 Å². The van der Waals surface area contributed by atoms with Gasteiger partial charge < -0.3 is 4.57 Å². The quantitative estimate of drug-likeness (QED) is 0.258. The van der Waals surface area contributed by atoms with Crippen LogP contribution >= 0.6 is 23.1 Å². The number of benzene rings is 1. The van der Waals surface area contributed by atoms with E-state index in [-0.39, 0.29) is 42.6 Å². The van der Waals surface area contributed by atoms with E-state index in [0.717, 1.165) is 29.5 Å². The Morgan fingerprint density at radius 1 is 1.09 bits per heavy atom. The van der Waals surface area contributed by atoms with E-state index in [1.54, 1.807) is 0 Å². The Labute approximate surface area is 192 Å². The highest BCUT2D eigenvalue weighted by molar-refractivity contribution is 8.00. The van der Waals surface area contributed by atoms with Gasteiger partial charge in [-0.2, -0.15) is 13.2 Å². The minimum absolute atomic E-state index is 0.0422. The summed E-state index contributed by atoms with van der Waals surface area (Å²) in [4.78, 5) is 12.4. The number of halogens is 5. The van der Waals surface area contributed by atoms with Gasteiger partial charge in [-0.25, -0.2) is 32.2 Å². The van der Waals surface area contributed by atoms with Gasteiger partial charge in [0.1, 0.15) is 27.4 Å². The number of alkyl halides is 3. The van der Waals surface area contributed by atoms with Crippen LogP contribution in [0.5, 0.6) is 0 Å². The van der Waals surface area contributed by atoms with Gasteiger partial charge in [-0.3, -0.25) is 0 Å². The maximum Gasteiger partial charge on any atom is 0.447 e. The van der Waals surface area contributed by atoms with Gasteiger partial charge >= 0.3 is 5.51 Å². The van der Waals surface area contributed by atoms with Gasteiger partial charge in [-0.1, -0.05) is 6.92 Å². The minimum atomic E-state index is -4.54. The molecule has 0 N–H and O–H groups in total. The molecule has 0 spiro atoms. The topological polar surface area (TPSA) is 77.7 Å². The summed E-state index contributed by atoms with van der Waals surface area (Å²) >= 11 is 0.333. The van der Waals surface area contributed by atoms with Gasteiger partial charge in [-0.05, 0) is 18.2 Å². The third kappa shape index (κ3) is 4.73. The second-order valence-corrected chi connectivity index (χ2v) is 11.3. The van der Waals surface area contributed by atoms with Crippen LogP contribution in [0.3, 0.4) is 0 Å². The van der Waals surface area contributed by atoms with Crippen molar-refractivity contribution in [3.63, 3.8) is 0 Å². The number of thiazole rings is 1. The number of aryl methyl sites for hydroxylation is 1. The summed E-state index contributed by atoms with van der Waals surface area (Å²) in [6, 6.07) is 3.86. The predicted molar refractivity (Wildman–Crippen MR) is 115 cm³/mol. The number of hydrogen-bond donors (Lipinski definition) is 0. The molecule has 0 radical (unpaired) electrons. The summed E-state index contributed by atoms with van der Waals surface area (Å²) in [5.41, 5.74) is -4.06. The molecule has 0 aliphatic rings. The molecule has 6 nitrogen and oxygen atoms in total. The first-order valence-corrected chi connectivity index (χ1v) is 12.4. The van der Waals surface area contributed by atoms with Gasteiger partial charge in [0, 0.05) is 30.4 Å². The lowest BCUT2D eigenvalue weighted by molar-refractivity contribution is -0.0329. The van der Waals surface area contributed by atoms with Crippen molar-refractivity contribution in [1.82, 2.24) is 19.5 Å². The molecule has 3 heterocycles. The van der Waals surface area contributed by atoms with Gasteiger partial charge in [0.2, 0.25) is 0 Å². The van der Waals surface area contributed by atoms with Crippen LogP contribution in [0.1, 0.15) is 6.92 Å². The minimum Gasteiger partial charge on any atom is -0.324 e. The summed E-state index contributed by atoms with van der Waals surface area (Å²) in [6.07, 6.45) is 1.20. The zero-order valence-electron chi connectivity index (χ0n) is 16.8. The van der Waals surface area contributed by atoms with Gasteiger partial charge in [-0.15, -0.1) is 11.3 Å². The molecule has 0 atom stereocenters. The fraction of sp³-hybridized carbons (Fsp3) is 0.211. The molecule has 4 aromatic rings. The van der Waals surface area contributed by atoms with Crippen LogP contribution in [0.4, 0.5) is 22.0 Å². The average molecular weight is 521 g/mol. The van der Waals surface area contributed by atoms with Crippen molar-refractivity contribution in [2.24, 2.45) is 7.05 Å². The van der Waals surface area contributed by atoms with Crippen LogP contribution in [0.15, 0.2) is 39.7 Å². The van der Waals surface area contributed by atoms with Crippen LogP contribution in [0.2, 0.25) is 0 Å². The highest BCUT2D eigenvalue weighted by atomic mass is 32.2. The molecule has 0 saturated heterocycles. The summed E-state index contributed by atoms with van der Waals surface area (Å²) < 4.78 is 92.3. The first-order valence-electron chi connectivity index (χ1n) is 9.16. The number of aromatic nitrogens is 4. The fourth-order valence-corrected chi connectivity index (χ4v) is 6.13. The first-order chi connectivity index (χ1) is 15.4. The normalized spacial score (nSPS) is 12.6. The van der Waals surface area contributed by atoms with E-state index in [4.69, 9.17) is 0 Å². The van der Waals surface area contributed by atoms with Crippen molar-refractivity contribution in [2.45, 2.75) is 21.7 Å². The van der Waals surface area contributed by atoms with E-state index in [1.807, 2.05) is 0 Å². The molecular formula is C19H13F5N4O2S3. The molecule has 0 aliphatic carbocycles. The monoisotopic (exact) mass is 520 g/mol. The molecule has 0 unspecified atom stereocenters. The molecule has 33 heavy (non-hydrogen) atoms. The highest BCUT2D eigenvalue weighted by Crippen LogP contribution is 2.40. The van der Waals surface area contributed by atoms with E-state index in [2.05, 4.69) is 15.0 Å². The number of rotatable bonds is 5. The largest absolute Gasteiger partial charge is 0.447 e. The smallest absolute Gasteiger partial charge is 0.324 e. The maximum atomic E-state index is 13.7. The van der Waals surface area contributed by atoms with E-state index in [0.29, 0.717) is 11.6 Å². The van der Waals surface area contributed by atoms with Crippen molar-refractivity contribution >= 4 is 44.0 Å². The van der Waals surface area contributed by atoms with Crippen molar-refractivity contribution in [2.75, 3.05) is 5.75 Å². The molecule has 14 heteroatoms. The van der Waals surface area contributed by atoms with Gasteiger partial charge in [0.25, 0.3) is 0 Å². The molecule has 0 amide bonds. The Morgan fingerprint density at radius 2 is 1.76 bits per heavy atom. The Kier molecular flexibility index (Phi) is 5.95. The lowest BCUT2D eigenvalue weighted by Crippen LogP contribution is -2.05. The Hall–Kier alpha value is -2.58. The third-order valence-corrected chi connectivity index (χ3v) is 8.64. The number of imidazole rings is 1. The SMILES string of the molecule is CCS(=O)(=O)c1sc(-c2cc(F)cc(F)c2)nc1-c1nc2cc(SC(F)(F)F)ncc2n1C. The van der Waals surface area contributed by atoms with Crippen molar-refractivity contribution in [1.29, 1.82) is 0 Å². The van der Waals surface area contributed by atoms with Crippen LogP contribution in [0, 0.1) is 11.6 Å². The van der Waals surface area contributed by atoms with Crippen molar-refractivity contribution < 1.29 is 30.4 Å². The zero-order chi connectivity index (χ0) is 24.1. The molecule has 0 bridgehead atoms. The van der Waals surface area contributed by atoms with E-state index >= 15 is 0 Å². The van der Waals surface area contributed by atoms with E-state index in [1.165, 1.54) is 24.7 Å². The summed E-state index contributed by atoms with van der Waals surface area (Å²) in [5.74, 6) is -1.92. The number of nitrogens with zero attached hydrogens (tertiary/aromatic N) is 4. The summed E-state index contributed by atoms with van der Waals surface area (Å²) in [6.45, 7) is 1.43. The number of thioether (sulfide) groups is 1. The van der Waals surface area contributed by atoms with E-state index < -0.39 is 38.7 Å². The second kappa shape index (κ2) is 8.33. The maximum absolute atomic E-state index is 13.7. The lowest BCUT2D eigenvalue weighted by atomic mass is 10.2. The number of pyridine rings is 1. The zero-order valence-corrected chi connectivity index (χ0v) is 19.3. The molecular weight excluding hydrogens is 507 g/mol. The van der Waals surface area contributed by atoms with Crippen LogP contribution in [0.25, 0.3) is 33.1 Å². The molecule has 0 aliphatic heterocycles. The van der Waals surface area contributed by atoms with Gasteiger partial charge in [0.15, 0.2) is 19.9 Å². The fourth-order valence-electron chi connectivity index (χ4n) is 3.05.